The normalized spacial score (nSPS) is 14.2. The van der Waals surface area contributed by atoms with E-state index in [9.17, 15) is 8.22 Å². The second-order valence-electron chi connectivity index (χ2n) is 18.0. The minimum atomic E-state index is -2.94. The molecule has 12 aromatic rings. The van der Waals surface area contributed by atoms with E-state index < -0.39 is 19.1 Å². The summed E-state index contributed by atoms with van der Waals surface area (Å²) < 4.78 is 57.9. The predicted octanol–water partition coefficient (Wildman–Crippen LogP) is 19.0. The molecule has 0 spiro atoms. The van der Waals surface area contributed by atoms with Crippen LogP contribution in [0.2, 0.25) is 0 Å². The second-order valence-corrected chi connectivity index (χ2v) is 19.0. The van der Waals surface area contributed by atoms with Gasteiger partial charge in [0, 0.05) is 62.5 Å². The van der Waals surface area contributed by atoms with Gasteiger partial charge < -0.3 is 9.47 Å². The molecule has 0 fully saturated rings. The number of nitrogens with zero attached hydrogens (tertiary/aromatic N) is 2. The number of benzene rings is 10. The van der Waals surface area contributed by atoms with Crippen molar-refractivity contribution in [3.05, 3.63) is 266 Å². The lowest BCUT2D eigenvalue weighted by molar-refractivity contribution is 0.664. The Balaban J connectivity index is 0.884. The zero-order valence-corrected chi connectivity index (χ0v) is 38.9. The highest BCUT2D eigenvalue weighted by Gasteiger charge is 2.41. The molecule has 0 bridgehead atoms. The highest BCUT2D eigenvalue weighted by molar-refractivity contribution is 7.19. The minimum Gasteiger partial charge on any atom is -0.311 e. The van der Waals surface area contributed by atoms with Gasteiger partial charge in [0.15, 0.2) is 0 Å². The molecular weight excluding hydrogens is 865 g/mol. The van der Waals surface area contributed by atoms with Crippen LogP contribution in [0.25, 0.3) is 92.9 Å². The zero-order valence-electron chi connectivity index (χ0n) is 44.1. The van der Waals surface area contributed by atoms with Crippen molar-refractivity contribution >= 4 is 50.2 Å². The predicted molar refractivity (Wildman–Crippen MR) is 298 cm³/mol. The quantitative estimate of drug-likeness (QED) is 0.140. The third-order valence-electron chi connectivity index (χ3n) is 13.9. The average Bonchev–Trinajstić information content (AvgIpc) is 4.31. The van der Waals surface area contributed by atoms with E-state index in [2.05, 4.69) is 155 Å². The molecule has 0 aliphatic heterocycles. The Labute approximate surface area is 422 Å². The molecule has 70 heavy (non-hydrogen) atoms. The first kappa shape index (κ1) is 35.6. The summed E-state index contributed by atoms with van der Waals surface area (Å²) >= 11 is 1.46. The summed E-state index contributed by atoms with van der Waals surface area (Å²) in [5.41, 5.74) is 13.7. The van der Waals surface area contributed by atoms with E-state index in [0.717, 1.165) is 72.1 Å². The molecular formula is C67H48N2S. The van der Waals surface area contributed by atoms with Crippen LogP contribution in [0.4, 0.5) is 17.1 Å². The highest BCUT2D eigenvalue weighted by atomic mass is 32.1. The second kappa shape index (κ2) is 16.9. The molecule has 1 aliphatic carbocycles. The number of anilines is 3. The third-order valence-corrected chi connectivity index (χ3v) is 15.2. The molecule has 332 valence electrons. The van der Waals surface area contributed by atoms with Gasteiger partial charge in [-0.05, 0) is 128 Å². The topological polar surface area (TPSA) is 8.17 Å². The summed E-state index contributed by atoms with van der Waals surface area (Å²) in [4.78, 5) is 3.74. The number of para-hydroxylation sites is 2. The SMILES string of the molecule is [2H]C([2H])([2H])C1(C([2H])([2H])[2H])c2cc(-c3ccc(N(c4ccc(-c5ccccc5)cc4)c4ccc(-c5ccc(-n6c7ccccc7c7ccccc76)cc5)cc4)cc3)ccc2-c2c(-c3ccccc3)sc(-c3ccccc3)c21. The summed E-state index contributed by atoms with van der Waals surface area (Å²) in [6.45, 7) is -5.88. The van der Waals surface area contributed by atoms with E-state index in [1.54, 1.807) is 0 Å². The first-order chi connectivity index (χ1) is 37.0. The van der Waals surface area contributed by atoms with Crippen molar-refractivity contribution in [2.24, 2.45) is 0 Å². The highest BCUT2D eigenvalue weighted by Crippen LogP contribution is 2.60. The smallest absolute Gasteiger partial charge is 0.0541 e. The van der Waals surface area contributed by atoms with E-state index in [4.69, 9.17) is 0 Å². The lowest BCUT2D eigenvalue weighted by Gasteiger charge is -2.26. The van der Waals surface area contributed by atoms with Crippen LogP contribution in [0.3, 0.4) is 0 Å². The van der Waals surface area contributed by atoms with Crippen LogP contribution in [0.1, 0.15) is 33.1 Å². The summed E-state index contributed by atoms with van der Waals surface area (Å²) in [6, 6.07) is 86.9. The van der Waals surface area contributed by atoms with Gasteiger partial charge in [-0.25, -0.2) is 0 Å². The number of hydrogen-bond acceptors (Lipinski definition) is 2. The molecule has 0 atom stereocenters. The molecule has 2 nitrogen and oxygen atoms in total. The lowest BCUT2D eigenvalue weighted by Crippen LogP contribution is -2.15. The lowest BCUT2D eigenvalue weighted by atomic mass is 9.80. The molecule has 10 aromatic carbocycles. The van der Waals surface area contributed by atoms with Crippen LogP contribution in [-0.4, -0.2) is 4.57 Å². The standard InChI is InChI=1S/C67H48N2S/c1-67(2)60-44-52(34-43-59(60)63-64(67)66(51-20-10-5-11-21-51)70-65(63)50-18-8-4-9-19-50)49-32-39-55(40-33-49)68(53-35-26-46(27-36-53)45-16-6-3-7-17-45)54-37-28-47(29-38-54)48-30-41-56(42-31-48)69-61-24-14-12-22-57(61)58-23-13-15-25-62(58)69/h3-44H,1-2H3/i1D3,2D3. The Hall–Kier alpha value is -8.50. The zero-order chi connectivity index (χ0) is 51.8. The van der Waals surface area contributed by atoms with Crippen molar-refractivity contribution < 1.29 is 8.22 Å². The van der Waals surface area contributed by atoms with Gasteiger partial charge in [0.05, 0.1) is 11.0 Å². The molecule has 0 unspecified atom stereocenters. The molecule has 13 rings (SSSR count). The van der Waals surface area contributed by atoms with Crippen molar-refractivity contribution in [1.29, 1.82) is 0 Å². The Kier molecular flexibility index (Phi) is 8.61. The van der Waals surface area contributed by atoms with Gasteiger partial charge in [-0.15, -0.1) is 11.3 Å². The van der Waals surface area contributed by atoms with Crippen LogP contribution in [-0.2, 0) is 5.41 Å². The van der Waals surface area contributed by atoms with Gasteiger partial charge >= 0.3 is 0 Å². The van der Waals surface area contributed by atoms with Crippen LogP contribution < -0.4 is 4.90 Å². The van der Waals surface area contributed by atoms with Crippen LogP contribution in [0, 0.1) is 0 Å². The Morgan fingerprint density at radius 1 is 0.386 bits per heavy atom. The summed E-state index contributed by atoms with van der Waals surface area (Å²) in [6.07, 6.45) is 0. The Bertz CT molecular complexity index is 4020. The molecule has 2 aromatic heterocycles. The number of fused-ring (bicyclic) bond motifs is 6. The van der Waals surface area contributed by atoms with Crippen molar-refractivity contribution in [2.45, 2.75) is 19.1 Å². The van der Waals surface area contributed by atoms with E-state index in [1.165, 1.54) is 33.1 Å². The van der Waals surface area contributed by atoms with Gasteiger partial charge in [-0.2, -0.15) is 0 Å². The van der Waals surface area contributed by atoms with E-state index >= 15 is 0 Å². The summed E-state index contributed by atoms with van der Waals surface area (Å²) in [5, 5.41) is 2.46. The average molecular weight is 919 g/mol. The van der Waals surface area contributed by atoms with Crippen LogP contribution in [0.15, 0.2) is 255 Å². The third kappa shape index (κ3) is 7.00. The number of rotatable bonds is 9. The number of thiophene rings is 1. The number of aromatic nitrogens is 1. The fourth-order valence-corrected chi connectivity index (χ4v) is 11.9. The maximum absolute atomic E-state index is 9.26. The van der Waals surface area contributed by atoms with Crippen molar-refractivity contribution in [1.82, 2.24) is 4.57 Å². The van der Waals surface area contributed by atoms with Gasteiger partial charge in [0.1, 0.15) is 0 Å². The van der Waals surface area contributed by atoms with Crippen LogP contribution in [0.5, 0.6) is 0 Å². The summed E-state index contributed by atoms with van der Waals surface area (Å²) in [5.74, 6) is 0. The molecule has 2 heterocycles. The molecule has 0 saturated heterocycles. The maximum atomic E-state index is 9.26. The molecule has 0 amide bonds. The van der Waals surface area contributed by atoms with Gasteiger partial charge in [0.2, 0.25) is 0 Å². The molecule has 0 N–H and O–H groups in total. The Morgan fingerprint density at radius 3 is 1.29 bits per heavy atom. The Morgan fingerprint density at radius 2 is 0.786 bits per heavy atom. The first-order valence-corrected chi connectivity index (χ1v) is 24.5. The van der Waals surface area contributed by atoms with E-state index in [1.807, 2.05) is 109 Å². The van der Waals surface area contributed by atoms with Gasteiger partial charge in [0.25, 0.3) is 0 Å². The van der Waals surface area contributed by atoms with E-state index in [-0.39, 0.29) is 0 Å². The maximum Gasteiger partial charge on any atom is 0.0541 e. The fraction of sp³-hybridized carbons (Fsp3) is 0.0448. The summed E-state index contributed by atoms with van der Waals surface area (Å²) in [7, 11) is 0. The van der Waals surface area contributed by atoms with Crippen molar-refractivity contribution in [3.63, 3.8) is 0 Å². The van der Waals surface area contributed by atoms with Crippen LogP contribution >= 0.6 is 11.3 Å². The molecule has 1 aliphatic rings. The monoisotopic (exact) mass is 918 g/mol. The molecule has 0 saturated carbocycles. The van der Waals surface area contributed by atoms with Crippen molar-refractivity contribution in [3.8, 4) is 71.1 Å². The van der Waals surface area contributed by atoms with Crippen molar-refractivity contribution in [2.75, 3.05) is 4.90 Å². The minimum absolute atomic E-state index is 0.294. The molecule has 0 radical (unpaired) electrons. The van der Waals surface area contributed by atoms with Gasteiger partial charge in [-0.1, -0.05) is 202 Å². The largest absolute Gasteiger partial charge is 0.311 e. The first-order valence-electron chi connectivity index (χ1n) is 26.7. The fourth-order valence-electron chi connectivity index (χ4n) is 10.5. The van der Waals surface area contributed by atoms with E-state index in [0.29, 0.717) is 27.1 Å². The van der Waals surface area contributed by atoms with Gasteiger partial charge in [-0.3, -0.25) is 0 Å². The molecule has 3 heteroatoms. The number of hydrogen-bond donors (Lipinski definition) is 0.